The molecule has 0 spiro atoms. The van der Waals surface area contributed by atoms with Gasteiger partial charge in [0.2, 0.25) is 0 Å². The highest BCUT2D eigenvalue weighted by Crippen LogP contribution is 2.51. The van der Waals surface area contributed by atoms with E-state index in [1.165, 1.54) is 22.3 Å². The lowest BCUT2D eigenvalue weighted by atomic mass is 9.61. The van der Waals surface area contributed by atoms with E-state index >= 15 is 0 Å². The number of fused-ring (bicyclic) bond motifs is 2. The summed E-state index contributed by atoms with van der Waals surface area (Å²) in [6, 6.07) is 23.1. The number of rotatable bonds is 5. The number of carboxylic acids is 1. The molecule has 5 rings (SSSR count). The number of hydrogen-bond donors (Lipinski definition) is 1. The minimum atomic E-state index is -0.957. The number of aryl methyl sites for hydroxylation is 1. The van der Waals surface area contributed by atoms with Crippen LogP contribution in [0.15, 0.2) is 78.0 Å². The van der Waals surface area contributed by atoms with Crippen LogP contribution in [0.2, 0.25) is 0 Å². The average molecular weight is 492 g/mol. The number of nitrogens with zero attached hydrogens (tertiary/aromatic N) is 1. The topological polar surface area (TPSA) is 66.7 Å². The Kier molecular flexibility index (Phi) is 6.02. The van der Waals surface area contributed by atoms with Crippen LogP contribution in [0.5, 0.6) is 0 Å². The molecule has 1 aliphatic rings. The molecule has 188 valence electrons. The molecule has 0 aromatic heterocycles. The molecular weight excluding hydrogens is 458 g/mol. The molecule has 4 aromatic rings. The van der Waals surface area contributed by atoms with Crippen LogP contribution in [0.25, 0.3) is 21.9 Å². The van der Waals surface area contributed by atoms with Gasteiger partial charge in [-0.15, -0.1) is 4.91 Å². The molecule has 4 heteroatoms. The fraction of sp³-hybridized carbons (Fsp3) is 0.303. The second-order valence-electron chi connectivity index (χ2n) is 11.8. The summed E-state index contributed by atoms with van der Waals surface area (Å²) in [6.45, 7) is 11.3. The third-order valence-corrected chi connectivity index (χ3v) is 8.15. The van der Waals surface area contributed by atoms with Crippen molar-refractivity contribution in [2.75, 3.05) is 0 Å². The smallest absolute Gasteiger partial charge is 0.335 e. The number of benzene rings is 4. The minimum Gasteiger partial charge on any atom is -0.478 e. The Hall–Kier alpha value is -3.79. The van der Waals surface area contributed by atoms with Gasteiger partial charge in [0.05, 0.1) is 5.56 Å². The predicted octanol–water partition coefficient (Wildman–Crippen LogP) is 8.72. The summed E-state index contributed by atoms with van der Waals surface area (Å²) in [4.78, 5) is 23.8. The number of carboxylic acid groups (broad SMARTS) is 1. The predicted molar refractivity (Wildman–Crippen MR) is 150 cm³/mol. The van der Waals surface area contributed by atoms with Gasteiger partial charge in [0.25, 0.3) is 0 Å². The molecule has 37 heavy (non-hydrogen) atoms. The van der Waals surface area contributed by atoms with Crippen LogP contribution >= 0.6 is 0 Å². The van der Waals surface area contributed by atoms with E-state index in [-0.39, 0.29) is 16.4 Å². The minimum absolute atomic E-state index is 0.0124. The van der Waals surface area contributed by atoms with Crippen molar-refractivity contribution < 1.29 is 9.90 Å². The molecule has 1 aliphatic carbocycles. The highest BCUT2D eigenvalue weighted by Gasteiger charge is 2.39. The zero-order valence-electron chi connectivity index (χ0n) is 22.1. The Labute approximate surface area is 218 Å². The molecule has 0 bridgehead atoms. The lowest BCUT2D eigenvalue weighted by molar-refractivity contribution is 0.0697. The summed E-state index contributed by atoms with van der Waals surface area (Å²) < 4.78 is 0. The third kappa shape index (κ3) is 4.46. The van der Waals surface area contributed by atoms with E-state index in [0.29, 0.717) is 0 Å². The maximum Gasteiger partial charge on any atom is 0.335 e. The molecule has 0 saturated carbocycles. The lowest BCUT2D eigenvalue weighted by Crippen LogP contribution is -2.34. The van der Waals surface area contributed by atoms with Gasteiger partial charge in [0, 0.05) is 0 Å². The molecule has 0 fully saturated rings. The fourth-order valence-corrected chi connectivity index (χ4v) is 5.81. The van der Waals surface area contributed by atoms with Gasteiger partial charge in [0.15, 0.2) is 0 Å². The standard InChI is InChI=1S/C33H33NO3/c1-20-6-8-21(9-7-20)27-18-26(19-28-29(27)33(4,5)15-14-32(28,2)3)30(34-37)24-12-10-23-17-25(31(35)36)13-11-22(23)16-24/h6-13,16-19,30H,14-15H2,1-5H3,(H,35,36). The molecule has 1 unspecified atom stereocenters. The summed E-state index contributed by atoms with van der Waals surface area (Å²) in [6.07, 6.45) is 2.18. The van der Waals surface area contributed by atoms with Crippen LogP contribution in [0, 0.1) is 11.8 Å². The van der Waals surface area contributed by atoms with Crippen molar-refractivity contribution in [2.45, 2.75) is 64.3 Å². The van der Waals surface area contributed by atoms with Gasteiger partial charge in [-0.3, -0.25) is 0 Å². The third-order valence-electron chi connectivity index (χ3n) is 8.15. The van der Waals surface area contributed by atoms with Crippen molar-refractivity contribution in [3.63, 3.8) is 0 Å². The number of aromatic carboxylic acids is 1. The Morgan fingerprint density at radius 1 is 0.811 bits per heavy atom. The molecule has 1 N–H and O–H groups in total. The highest BCUT2D eigenvalue weighted by atomic mass is 16.4. The molecule has 0 amide bonds. The first-order valence-electron chi connectivity index (χ1n) is 12.9. The van der Waals surface area contributed by atoms with Crippen molar-refractivity contribution in [1.82, 2.24) is 0 Å². The van der Waals surface area contributed by atoms with E-state index in [9.17, 15) is 14.8 Å². The Morgan fingerprint density at radius 2 is 1.46 bits per heavy atom. The van der Waals surface area contributed by atoms with Gasteiger partial charge >= 0.3 is 5.97 Å². The quantitative estimate of drug-likeness (QED) is 0.284. The van der Waals surface area contributed by atoms with Crippen molar-refractivity contribution in [3.05, 3.63) is 111 Å². The van der Waals surface area contributed by atoms with Gasteiger partial charge in [-0.1, -0.05) is 87.0 Å². The van der Waals surface area contributed by atoms with E-state index in [1.807, 2.05) is 18.2 Å². The van der Waals surface area contributed by atoms with E-state index in [2.05, 4.69) is 76.2 Å². The monoisotopic (exact) mass is 491 g/mol. The largest absolute Gasteiger partial charge is 0.478 e. The molecule has 4 aromatic carbocycles. The normalized spacial score (nSPS) is 16.7. The maximum absolute atomic E-state index is 12.4. The van der Waals surface area contributed by atoms with Gasteiger partial charge in [-0.05, 0) is 99.0 Å². The summed E-state index contributed by atoms with van der Waals surface area (Å²) in [7, 11) is 0. The van der Waals surface area contributed by atoms with Crippen LogP contribution in [0.1, 0.15) is 84.8 Å². The second kappa shape index (κ2) is 8.95. The summed E-state index contributed by atoms with van der Waals surface area (Å²) in [5.74, 6) is -0.957. The lowest BCUT2D eigenvalue weighted by Gasteiger charge is -2.43. The molecule has 0 aliphatic heterocycles. The molecule has 0 heterocycles. The van der Waals surface area contributed by atoms with Crippen LogP contribution in [0.4, 0.5) is 0 Å². The van der Waals surface area contributed by atoms with Gasteiger partial charge in [-0.25, -0.2) is 4.79 Å². The van der Waals surface area contributed by atoms with E-state index in [1.54, 1.807) is 18.2 Å². The van der Waals surface area contributed by atoms with E-state index < -0.39 is 12.0 Å². The molecule has 0 saturated heterocycles. The Morgan fingerprint density at radius 3 is 2.14 bits per heavy atom. The van der Waals surface area contributed by atoms with Gasteiger partial charge in [0.1, 0.15) is 6.04 Å². The van der Waals surface area contributed by atoms with Crippen LogP contribution < -0.4 is 0 Å². The van der Waals surface area contributed by atoms with Crippen molar-refractivity contribution in [2.24, 2.45) is 5.18 Å². The number of hydrogen-bond acceptors (Lipinski definition) is 3. The average Bonchev–Trinajstić information content (AvgIpc) is 2.87. The zero-order valence-corrected chi connectivity index (χ0v) is 22.1. The van der Waals surface area contributed by atoms with Crippen LogP contribution in [-0.2, 0) is 10.8 Å². The molecule has 0 radical (unpaired) electrons. The SMILES string of the molecule is Cc1ccc(-c2cc(C(N=O)c3ccc4cc(C(=O)O)ccc4c3)cc3c2C(C)(C)CCC3(C)C)cc1. The fourth-order valence-electron chi connectivity index (χ4n) is 5.81. The number of nitroso groups, excluding NO2 is 1. The summed E-state index contributed by atoms with van der Waals surface area (Å²) in [5.41, 5.74) is 8.10. The first kappa shape index (κ1) is 24.9. The summed E-state index contributed by atoms with van der Waals surface area (Å²) in [5, 5.41) is 14.7. The van der Waals surface area contributed by atoms with Gasteiger partial charge < -0.3 is 5.11 Å². The van der Waals surface area contributed by atoms with E-state index in [0.717, 1.165) is 40.3 Å². The summed E-state index contributed by atoms with van der Waals surface area (Å²) >= 11 is 0. The Bertz CT molecular complexity index is 1530. The molecule has 1 atom stereocenters. The maximum atomic E-state index is 12.4. The van der Waals surface area contributed by atoms with Crippen molar-refractivity contribution >= 4 is 16.7 Å². The highest BCUT2D eigenvalue weighted by molar-refractivity contribution is 5.94. The second-order valence-corrected chi connectivity index (χ2v) is 11.8. The van der Waals surface area contributed by atoms with Crippen molar-refractivity contribution in [3.8, 4) is 11.1 Å². The Balaban J connectivity index is 1.71. The van der Waals surface area contributed by atoms with E-state index in [4.69, 9.17) is 0 Å². The van der Waals surface area contributed by atoms with Crippen LogP contribution in [0.3, 0.4) is 0 Å². The van der Waals surface area contributed by atoms with Crippen molar-refractivity contribution in [1.29, 1.82) is 0 Å². The first-order valence-corrected chi connectivity index (χ1v) is 12.9. The zero-order chi connectivity index (χ0) is 26.5. The first-order chi connectivity index (χ1) is 17.5. The molecule has 4 nitrogen and oxygen atoms in total. The number of carbonyl (C=O) groups is 1. The van der Waals surface area contributed by atoms with Gasteiger partial charge in [-0.2, -0.15) is 0 Å². The molecular formula is C33H33NO3. The van der Waals surface area contributed by atoms with Crippen LogP contribution in [-0.4, -0.2) is 11.1 Å².